The SMILES string of the molecule is CC(=O)O[C@]1(C)CC[C@H]2[C@H](C)C(=O)O[C@@H]2C2=C(C)C(O)C[C@H]21. The molecule has 122 valence electrons. The van der Waals surface area contributed by atoms with Crippen molar-refractivity contribution < 1.29 is 24.2 Å². The monoisotopic (exact) mass is 308 g/mol. The van der Waals surface area contributed by atoms with Gasteiger partial charge >= 0.3 is 11.9 Å². The van der Waals surface area contributed by atoms with Crippen LogP contribution in [0.1, 0.15) is 47.0 Å². The molecule has 1 saturated carbocycles. The van der Waals surface area contributed by atoms with E-state index in [0.29, 0.717) is 12.8 Å². The first-order valence-electron chi connectivity index (χ1n) is 8.03. The molecule has 2 fully saturated rings. The van der Waals surface area contributed by atoms with Crippen LogP contribution in [0.15, 0.2) is 11.1 Å². The number of aliphatic hydroxyl groups excluding tert-OH is 1. The number of hydrogen-bond acceptors (Lipinski definition) is 5. The number of rotatable bonds is 1. The van der Waals surface area contributed by atoms with Crippen molar-refractivity contribution in [2.75, 3.05) is 0 Å². The summed E-state index contributed by atoms with van der Waals surface area (Å²) in [5.74, 6) is -0.602. The molecule has 0 bridgehead atoms. The summed E-state index contributed by atoms with van der Waals surface area (Å²) in [6, 6.07) is 0. The Kier molecular flexibility index (Phi) is 3.59. The number of carbonyl (C=O) groups is 2. The van der Waals surface area contributed by atoms with Crippen LogP contribution in [-0.2, 0) is 19.1 Å². The predicted molar refractivity (Wildman–Crippen MR) is 78.8 cm³/mol. The van der Waals surface area contributed by atoms with Crippen LogP contribution in [0.5, 0.6) is 0 Å². The molecule has 22 heavy (non-hydrogen) atoms. The fraction of sp³-hybridized carbons (Fsp3) is 0.765. The highest BCUT2D eigenvalue weighted by Gasteiger charge is 2.56. The molecule has 1 heterocycles. The fourth-order valence-corrected chi connectivity index (χ4v) is 4.53. The van der Waals surface area contributed by atoms with E-state index in [4.69, 9.17) is 9.47 Å². The average Bonchev–Trinajstić information content (AvgIpc) is 2.82. The Bertz CT molecular complexity index is 551. The van der Waals surface area contributed by atoms with Crippen LogP contribution in [0.4, 0.5) is 0 Å². The van der Waals surface area contributed by atoms with Crippen molar-refractivity contribution in [2.24, 2.45) is 17.8 Å². The normalized spacial score (nSPS) is 44.2. The maximum absolute atomic E-state index is 12.0. The topological polar surface area (TPSA) is 72.8 Å². The lowest BCUT2D eigenvalue weighted by Crippen LogP contribution is -2.40. The summed E-state index contributed by atoms with van der Waals surface area (Å²) in [6.07, 6.45) is 1.17. The van der Waals surface area contributed by atoms with Crippen LogP contribution in [0.25, 0.3) is 0 Å². The van der Waals surface area contributed by atoms with Gasteiger partial charge in [-0.25, -0.2) is 0 Å². The van der Waals surface area contributed by atoms with E-state index in [1.54, 1.807) is 0 Å². The first-order valence-corrected chi connectivity index (χ1v) is 8.03. The Labute approximate surface area is 130 Å². The van der Waals surface area contributed by atoms with Gasteiger partial charge in [0.2, 0.25) is 0 Å². The smallest absolute Gasteiger partial charge is 0.309 e. The van der Waals surface area contributed by atoms with E-state index in [2.05, 4.69) is 0 Å². The highest BCUT2D eigenvalue weighted by atomic mass is 16.6. The highest BCUT2D eigenvalue weighted by Crippen LogP contribution is 2.53. The van der Waals surface area contributed by atoms with E-state index in [-0.39, 0.29) is 35.8 Å². The number of esters is 2. The Morgan fingerprint density at radius 1 is 1.45 bits per heavy atom. The van der Waals surface area contributed by atoms with Gasteiger partial charge in [0.15, 0.2) is 0 Å². The maximum atomic E-state index is 12.0. The molecule has 5 nitrogen and oxygen atoms in total. The zero-order chi connectivity index (χ0) is 16.2. The van der Waals surface area contributed by atoms with Crippen LogP contribution >= 0.6 is 0 Å². The zero-order valence-corrected chi connectivity index (χ0v) is 13.6. The zero-order valence-electron chi connectivity index (χ0n) is 13.6. The summed E-state index contributed by atoms with van der Waals surface area (Å²) in [5, 5.41) is 10.3. The van der Waals surface area contributed by atoms with E-state index in [1.165, 1.54) is 6.92 Å². The minimum absolute atomic E-state index is 0.0838. The van der Waals surface area contributed by atoms with Crippen LogP contribution in [0, 0.1) is 17.8 Å². The second-order valence-electron chi connectivity index (χ2n) is 7.20. The summed E-state index contributed by atoms with van der Waals surface area (Å²) in [7, 11) is 0. The van der Waals surface area contributed by atoms with Gasteiger partial charge in [0.1, 0.15) is 11.7 Å². The van der Waals surface area contributed by atoms with Gasteiger partial charge in [-0.3, -0.25) is 9.59 Å². The molecule has 3 rings (SSSR count). The first kappa shape index (κ1) is 15.5. The van der Waals surface area contributed by atoms with Gasteiger partial charge < -0.3 is 14.6 Å². The summed E-state index contributed by atoms with van der Waals surface area (Å²) in [6.45, 7) is 7.16. The Balaban J connectivity index is 2.05. The lowest BCUT2D eigenvalue weighted by Gasteiger charge is -2.35. The molecule has 1 N–H and O–H groups in total. The molecule has 0 spiro atoms. The maximum Gasteiger partial charge on any atom is 0.309 e. The molecule has 2 aliphatic carbocycles. The van der Waals surface area contributed by atoms with Gasteiger partial charge in [0.05, 0.1) is 12.0 Å². The predicted octanol–water partition coefficient (Wildman–Crippen LogP) is 1.98. The molecule has 0 amide bonds. The Hall–Kier alpha value is -1.36. The molecule has 1 saturated heterocycles. The fourth-order valence-electron chi connectivity index (χ4n) is 4.53. The molecule has 5 heteroatoms. The van der Waals surface area contributed by atoms with Gasteiger partial charge in [-0.05, 0) is 44.3 Å². The number of aliphatic hydroxyl groups is 1. The first-order chi connectivity index (χ1) is 10.2. The summed E-state index contributed by atoms with van der Waals surface area (Å²) < 4.78 is 11.3. The molecule has 0 radical (unpaired) electrons. The summed E-state index contributed by atoms with van der Waals surface area (Å²) in [4.78, 5) is 23.5. The van der Waals surface area contributed by atoms with Crippen LogP contribution in [0.2, 0.25) is 0 Å². The van der Waals surface area contributed by atoms with Gasteiger partial charge in [-0.15, -0.1) is 0 Å². The van der Waals surface area contributed by atoms with Gasteiger partial charge in [-0.2, -0.15) is 0 Å². The van der Waals surface area contributed by atoms with Crippen molar-refractivity contribution in [2.45, 2.75) is 64.8 Å². The molecule has 1 aliphatic heterocycles. The molecule has 0 aromatic heterocycles. The number of ether oxygens (including phenoxy) is 2. The van der Waals surface area contributed by atoms with Crippen molar-refractivity contribution in [1.82, 2.24) is 0 Å². The number of fused-ring (bicyclic) bond motifs is 3. The van der Waals surface area contributed by atoms with E-state index >= 15 is 0 Å². The van der Waals surface area contributed by atoms with Crippen LogP contribution in [-0.4, -0.2) is 34.9 Å². The van der Waals surface area contributed by atoms with Gasteiger partial charge in [0, 0.05) is 18.8 Å². The summed E-state index contributed by atoms with van der Waals surface area (Å²) >= 11 is 0. The second-order valence-corrected chi connectivity index (χ2v) is 7.20. The third-order valence-electron chi connectivity index (χ3n) is 5.83. The van der Waals surface area contributed by atoms with Crippen molar-refractivity contribution in [3.63, 3.8) is 0 Å². The minimum Gasteiger partial charge on any atom is -0.459 e. The lowest BCUT2D eigenvalue weighted by molar-refractivity contribution is -0.161. The third-order valence-corrected chi connectivity index (χ3v) is 5.83. The summed E-state index contributed by atoms with van der Waals surface area (Å²) in [5.41, 5.74) is 1.22. The van der Waals surface area contributed by atoms with Gasteiger partial charge in [0.25, 0.3) is 0 Å². The van der Waals surface area contributed by atoms with Crippen molar-refractivity contribution in [3.05, 3.63) is 11.1 Å². The van der Waals surface area contributed by atoms with Crippen LogP contribution in [0.3, 0.4) is 0 Å². The molecular weight excluding hydrogens is 284 g/mol. The lowest BCUT2D eigenvalue weighted by atomic mass is 9.81. The Morgan fingerprint density at radius 2 is 2.14 bits per heavy atom. The Morgan fingerprint density at radius 3 is 2.77 bits per heavy atom. The molecule has 1 unspecified atom stereocenters. The second kappa shape index (κ2) is 5.08. The quantitative estimate of drug-likeness (QED) is 0.592. The van der Waals surface area contributed by atoms with Crippen LogP contribution < -0.4 is 0 Å². The standard InChI is InChI=1S/C17H24O5/c1-8-11-5-6-17(4,22-10(3)18)12-7-13(19)9(2)14(12)15(11)21-16(8)20/h8,11-13,15,19H,5-7H2,1-4H3/t8-,11-,12+,13?,15-,17+/m0/s1. The van der Waals surface area contributed by atoms with Gasteiger partial charge in [-0.1, -0.05) is 6.92 Å². The van der Waals surface area contributed by atoms with E-state index < -0.39 is 11.7 Å². The highest BCUT2D eigenvalue weighted by molar-refractivity contribution is 5.75. The van der Waals surface area contributed by atoms with E-state index in [1.807, 2.05) is 20.8 Å². The molecule has 3 aliphatic rings. The largest absolute Gasteiger partial charge is 0.459 e. The molecule has 0 aromatic carbocycles. The van der Waals surface area contributed by atoms with E-state index in [0.717, 1.165) is 17.6 Å². The van der Waals surface area contributed by atoms with Crippen molar-refractivity contribution >= 4 is 11.9 Å². The van der Waals surface area contributed by atoms with E-state index in [9.17, 15) is 14.7 Å². The van der Waals surface area contributed by atoms with Crippen molar-refractivity contribution in [1.29, 1.82) is 0 Å². The third kappa shape index (κ3) is 2.18. The molecular formula is C17H24O5. The molecule has 6 atom stereocenters. The number of carbonyl (C=O) groups excluding carboxylic acids is 2. The average molecular weight is 308 g/mol. The number of hydrogen-bond donors (Lipinski definition) is 1. The van der Waals surface area contributed by atoms with Crippen molar-refractivity contribution in [3.8, 4) is 0 Å². The molecule has 0 aromatic rings. The minimum atomic E-state index is -0.642.